The summed E-state index contributed by atoms with van der Waals surface area (Å²) >= 11 is 0. The van der Waals surface area contributed by atoms with Gasteiger partial charge in [-0.05, 0) is 71.2 Å². The van der Waals surface area contributed by atoms with E-state index in [9.17, 15) is 0 Å². The van der Waals surface area contributed by atoms with Crippen LogP contribution in [0.4, 0.5) is 0 Å². The van der Waals surface area contributed by atoms with Crippen LogP contribution in [0.1, 0.15) is 56.6 Å². The van der Waals surface area contributed by atoms with Crippen molar-refractivity contribution in [2.24, 2.45) is 4.99 Å². The third-order valence-corrected chi connectivity index (χ3v) is 6.01. The second-order valence-corrected chi connectivity index (χ2v) is 8.31. The van der Waals surface area contributed by atoms with E-state index in [-0.39, 0.29) is 6.04 Å². The van der Waals surface area contributed by atoms with E-state index in [1.807, 2.05) is 6.92 Å². The molecule has 2 fully saturated rings. The highest BCUT2D eigenvalue weighted by molar-refractivity contribution is 5.80. The Kier molecular flexibility index (Phi) is 9.49. The van der Waals surface area contributed by atoms with Gasteiger partial charge in [0.1, 0.15) is 11.5 Å². The van der Waals surface area contributed by atoms with E-state index in [0.29, 0.717) is 6.10 Å². The van der Waals surface area contributed by atoms with Gasteiger partial charge in [-0.15, -0.1) is 0 Å². The lowest BCUT2D eigenvalue weighted by molar-refractivity contribution is 0.00988. The van der Waals surface area contributed by atoms with Gasteiger partial charge >= 0.3 is 0 Å². The molecule has 1 aromatic heterocycles. The monoisotopic (exact) mass is 420 g/mol. The second-order valence-electron chi connectivity index (χ2n) is 8.31. The molecule has 1 N–H and O–H groups in total. The SMILES string of the molecule is CCNC(=NCC(c1ccc(C)o1)N1CCCC1)N1CCC(OCCCOC)CC1. The summed E-state index contributed by atoms with van der Waals surface area (Å²) in [5, 5.41) is 3.50. The molecule has 30 heavy (non-hydrogen) atoms. The van der Waals surface area contributed by atoms with E-state index >= 15 is 0 Å². The molecule has 1 atom stereocenters. The van der Waals surface area contributed by atoms with Crippen molar-refractivity contribution in [3.63, 3.8) is 0 Å². The molecule has 0 amide bonds. The Bertz CT molecular complexity index is 634. The summed E-state index contributed by atoms with van der Waals surface area (Å²) in [6.45, 7) is 11.5. The maximum Gasteiger partial charge on any atom is 0.193 e. The average Bonchev–Trinajstić information content (AvgIpc) is 3.44. The molecule has 3 heterocycles. The molecule has 0 aliphatic carbocycles. The van der Waals surface area contributed by atoms with Crippen molar-refractivity contribution in [2.75, 3.05) is 59.6 Å². The summed E-state index contributed by atoms with van der Waals surface area (Å²) in [6, 6.07) is 4.40. The third-order valence-electron chi connectivity index (χ3n) is 6.01. The lowest BCUT2D eigenvalue weighted by Gasteiger charge is -2.34. The van der Waals surface area contributed by atoms with Crippen LogP contribution < -0.4 is 5.32 Å². The first-order valence-corrected chi connectivity index (χ1v) is 11.7. The van der Waals surface area contributed by atoms with Crippen LogP contribution in [0.2, 0.25) is 0 Å². The number of likely N-dealkylation sites (tertiary alicyclic amines) is 2. The van der Waals surface area contributed by atoms with Gasteiger partial charge in [-0.25, -0.2) is 0 Å². The van der Waals surface area contributed by atoms with Crippen LogP contribution in [-0.4, -0.2) is 81.5 Å². The molecule has 0 spiro atoms. The first-order valence-electron chi connectivity index (χ1n) is 11.7. The highest BCUT2D eigenvalue weighted by Crippen LogP contribution is 2.27. The summed E-state index contributed by atoms with van der Waals surface area (Å²) < 4.78 is 17.1. The molecule has 7 heteroatoms. The number of aryl methyl sites for hydroxylation is 1. The minimum absolute atomic E-state index is 0.219. The number of rotatable bonds is 10. The third kappa shape index (κ3) is 6.72. The molecule has 170 valence electrons. The quantitative estimate of drug-likeness (QED) is 0.356. The number of nitrogens with zero attached hydrogens (tertiary/aromatic N) is 3. The zero-order valence-corrected chi connectivity index (χ0v) is 19.1. The Morgan fingerprint density at radius 3 is 2.60 bits per heavy atom. The van der Waals surface area contributed by atoms with Gasteiger partial charge in [-0.2, -0.15) is 0 Å². The van der Waals surface area contributed by atoms with Gasteiger partial charge in [-0.1, -0.05) is 0 Å². The largest absolute Gasteiger partial charge is 0.465 e. The smallest absolute Gasteiger partial charge is 0.193 e. The Labute approximate surface area is 181 Å². The van der Waals surface area contributed by atoms with E-state index in [2.05, 4.69) is 34.2 Å². The Morgan fingerprint density at radius 1 is 1.20 bits per heavy atom. The van der Waals surface area contributed by atoms with Gasteiger partial charge < -0.3 is 24.1 Å². The van der Waals surface area contributed by atoms with Gasteiger partial charge in [-0.3, -0.25) is 9.89 Å². The van der Waals surface area contributed by atoms with E-state index in [1.54, 1.807) is 7.11 Å². The summed E-state index contributed by atoms with van der Waals surface area (Å²) in [5.41, 5.74) is 0. The predicted molar refractivity (Wildman–Crippen MR) is 120 cm³/mol. The highest BCUT2D eigenvalue weighted by atomic mass is 16.5. The summed E-state index contributed by atoms with van der Waals surface area (Å²) in [5.74, 6) is 3.03. The summed E-state index contributed by atoms with van der Waals surface area (Å²) in [7, 11) is 1.74. The van der Waals surface area contributed by atoms with Crippen LogP contribution in [0.3, 0.4) is 0 Å². The second kappa shape index (κ2) is 12.3. The summed E-state index contributed by atoms with van der Waals surface area (Å²) in [6.07, 6.45) is 5.93. The molecule has 0 radical (unpaired) electrons. The van der Waals surface area contributed by atoms with E-state index in [0.717, 1.165) is 89.2 Å². The fraction of sp³-hybridized carbons (Fsp3) is 0.783. The maximum atomic E-state index is 6.01. The Balaban J connectivity index is 1.57. The van der Waals surface area contributed by atoms with Crippen molar-refractivity contribution in [3.8, 4) is 0 Å². The number of ether oxygens (including phenoxy) is 2. The van der Waals surface area contributed by atoms with Gasteiger partial charge in [0.15, 0.2) is 5.96 Å². The predicted octanol–water partition coefficient (Wildman–Crippen LogP) is 3.21. The topological polar surface area (TPSA) is 62.5 Å². The molecule has 0 saturated carbocycles. The van der Waals surface area contributed by atoms with Crippen molar-refractivity contribution in [1.29, 1.82) is 0 Å². The molecule has 3 rings (SSSR count). The molecule has 2 aliphatic rings. The standard InChI is InChI=1S/C23H40N4O3/c1-4-24-23(27-14-10-20(11-15-27)29-17-7-16-28-3)25-18-21(26-12-5-6-13-26)22-9-8-19(2)30-22/h8-9,20-21H,4-7,10-18H2,1-3H3,(H,24,25). The van der Waals surface area contributed by atoms with Crippen LogP contribution in [0.15, 0.2) is 21.5 Å². The molecule has 1 aromatic rings. The van der Waals surface area contributed by atoms with Crippen LogP contribution in [0.25, 0.3) is 0 Å². The van der Waals surface area contributed by atoms with E-state index < -0.39 is 0 Å². The molecule has 0 bridgehead atoms. The first kappa shape index (κ1) is 23.1. The number of nitrogens with one attached hydrogen (secondary N) is 1. The van der Waals surface area contributed by atoms with Gasteiger partial charge in [0.25, 0.3) is 0 Å². The number of piperidine rings is 1. The number of guanidine groups is 1. The first-order chi connectivity index (χ1) is 14.7. The Hall–Kier alpha value is -1.57. The lowest BCUT2D eigenvalue weighted by atomic mass is 10.1. The fourth-order valence-electron chi connectivity index (χ4n) is 4.36. The van der Waals surface area contributed by atoms with Gasteiger partial charge in [0.05, 0.1) is 18.7 Å². The average molecular weight is 421 g/mol. The zero-order chi connectivity index (χ0) is 21.2. The molecule has 1 unspecified atom stereocenters. The van der Waals surface area contributed by atoms with Crippen LogP contribution in [0.5, 0.6) is 0 Å². The van der Waals surface area contributed by atoms with E-state index in [1.165, 1.54) is 12.8 Å². The lowest BCUT2D eigenvalue weighted by Crippen LogP contribution is -2.47. The number of hydrogen-bond acceptors (Lipinski definition) is 5. The minimum Gasteiger partial charge on any atom is -0.465 e. The minimum atomic E-state index is 0.219. The van der Waals surface area contributed by atoms with Crippen LogP contribution in [-0.2, 0) is 9.47 Å². The van der Waals surface area contributed by atoms with E-state index in [4.69, 9.17) is 18.9 Å². The molecular weight excluding hydrogens is 380 g/mol. The Morgan fingerprint density at radius 2 is 1.97 bits per heavy atom. The fourth-order valence-corrected chi connectivity index (χ4v) is 4.36. The number of aliphatic imine (C=N–C) groups is 1. The van der Waals surface area contributed by atoms with Crippen molar-refractivity contribution < 1.29 is 13.9 Å². The van der Waals surface area contributed by atoms with Crippen molar-refractivity contribution in [2.45, 2.75) is 58.1 Å². The number of hydrogen-bond donors (Lipinski definition) is 1. The normalized spacial score (nSPS) is 20.1. The maximum absolute atomic E-state index is 6.01. The van der Waals surface area contributed by atoms with Crippen LogP contribution >= 0.6 is 0 Å². The molecule has 7 nitrogen and oxygen atoms in total. The molecular formula is C23H40N4O3. The molecule has 2 saturated heterocycles. The van der Waals surface area contributed by atoms with Crippen LogP contribution in [0, 0.1) is 6.92 Å². The number of methoxy groups -OCH3 is 1. The molecule has 0 aromatic carbocycles. The molecule has 2 aliphatic heterocycles. The van der Waals surface area contributed by atoms with Crippen molar-refractivity contribution in [3.05, 3.63) is 23.7 Å². The highest BCUT2D eigenvalue weighted by Gasteiger charge is 2.27. The summed E-state index contributed by atoms with van der Waals surface area (Å²) in [4.78, 5) is 9.95. The van der Waals surface area contributed by atoms with Crippen molar-refractivity contribution >= 4 is 5.96 Å². The van der Waals surface area contributed by atoms with Crippen molar-refractivity contribution in [1.82, 2.24) is 15.1 Å². The number of furan rings is 1. The zero-order valence-electron chi connectivity index (χ0n) is 19.1. The van der Waals surface area contributed by atoms with Gasteiger partial charge in [0, 0.05) is 40.0 Å². The van der Waals surface area contributed by atoms with Gasteiger partial charge in [0.2, 0.25) is 0 Å².